The Bertz CT molecular complexity index is 669. The van der Waals surface area contributed by atoms with Gasteiger partial charge in [-0.1, -0.05) is 24.6 Å². The van der Waals surface area contributed by atoms with E-state index in [0.717, 1.165) is 23.2 Å². The summed E-state index contributed by atoms with van der Waals surface area (Å²) in [4.78, 5) is 20.5. The zero-order chi connectivity index (χ0) is 16.1. The molecule has 1 heterocycles. The SMILES string of the molecule is CCC(C)Nc1cc(C(=O)Nc2ccc(C)cc2C)ncn1. The van der Waals surface area contributed by atoms with Gasteiger partial charge in [0.25, 0.3) is 5.91 Å². The van der Waals surface area contributed by atoms with Crippen LogP contribution in [0.15, 0.2) is 30.6 Å². The van der Waals surface area contributed by atoms with Crippen LogP contribution in [0, 0.1) is 13.8 Å². The molecule has 2 rings (SSSR count). The Labute approximate surface area is 131 Å². The number of hydrogen-bond acceptors (Lipinski definition) is 4. The highest BCUT2D eigenvalue weighted by Gasteiger charge is 2.11. The summed E-state index contributed by atoms with van der Waals surface area (Å²) in [6.45, 7) is 8.15. The van der Waals surface area contributed by atoms with Gasteiger partial charge < -0.3 is 10.6 Å². The molecular weight excluding hydrogens is 276 g/mol. The molecule has 0 saturated carbocycles. The molecule has 0 spiro atoms. The number of amides is 1. The van der Waals surface area contributed by atoms with E-state index in [-0.39, 0.29) is 5.91 Å². The molecule has 22 heavy (non-hydrogen) atoms. The minimum absolute atomic E-state index is 0.235. The van der Waals surface area contributed by atoms with Gasteiger partial charge in [0.15, 0.2) is 0 Å². The Morgan fingerprint density at radius 1 is 1.23 bits per heavy atom. The molecule has 5 heteroatoms. The van der Waals surface area contributed by atoms with Crippen LogP contribution in [-0.4, -0.2) is 21.9 Å². The van der Waals surface area contributed by atoms with Crippen LogP contribution >= 0.6 is 0 Å². The fraction of sp³-hybridized carbons (Fsp3) is 0.353. The van der Waals surface area contributed by atoms with Crippen molar-refractivity contribution in [3.8, 4) is 0 Å². The second-order valence-corrected chi connectivity index (χ2v) is 5.51. The van der Waals surface area contributed by atoms with Crippen molar-refractivity contribution in [1.82, 2.24) is 9.97 Å². The van der Waals surface area contributed by atoms with Crippen LogP contribution in [0.2, 0.25) is 0 Å². The smallest absolute Gasteiger partial charge is 0.274 e. The fourth-order valence-corrected chi connectivity index (χ4v) is 2.06. The van der Waals surface area contributed by atoms with E-state index in [1.165, 1.54) is 6.33 Å². The molecule has 0 fully saturated rings. The molecule has 0 aliphatic rings. The molecule has 0 saturated heterocycles. The van der Waals surface area contributed by atoms with Gasteiger partial charge in [0, 0.05) is 17.8 Å². The molecule has 0 aliphatic carbocycles. The van der Waals surface area contributed by atoms with E-state index in [1.54, 1.807) is 6.07 Å². The van der Waals surface area contributed by atoms with Crippen molar-refractivity contribution < 1.29 is 4.79 Å². The third-order valence-corrected chi connectivity index (χ3v) is 3.54. The number of nitrogens with zero attached hydrogens (tertiary/aromatic N) is 2. The highest BCUT2D eigenvalue weighted by molar-refractivity contribution is 6.03. The summed E-state index contributed by atoms with van der Waals surface area (Å²) >= 11 is 0. The lowest BCUT2D eigenvalue weighted by Crippen LogP contribution is -2.18. The van der Waals surface area contributed by atoms with E-state index in [2.05, 4.69) is 34.4 Å². The molecule has 2 N–H and O–H groups in total. The number of nitrogens with one attached hydrogen (secondary N) is 2. The van der Waals surface area contributed by atoms with Crippen molar-refractivity contribution in [1.29, 1.82) is 0 Å². The van der Waals surface area contributed by atoms with Crippen molar-refractivity contribution in [2.45, 2.75) is 40.2 Å². The van der Waals surface area contributed by atoms with Gasteiger partial charge in [0.05, 0.1) is 0 Å². The number of anilines is 2. The lowest BCUT2D eigenvalue weighted by molar-refractivity contribution is 0.102. The van der Waals surface area contributed by atoms with Crippen molar-refractivity contribution >= 4 is 17.4 Å². The van der Waals surface area contributed by atoms with Gasteiger partial charge in [0.2, 0.25) is 0 Å². The number of aromatic nitrogens is 2. The van der Waals surface area contributed by atoms with E-state index in [9.17, 15) is 4.79 Å². The molecule has 0 bridgehead atoms. The molecule has 116 valence electrons. The van der Waals surface area contributed by atoms with E-state index in [4.69, 9.17) is 0 Å². The lowest BCUT2D eigenvalue weighted by Gasteiger charge is -2.13. The van der Waals surface area contributed by atoms with Gasteiger partial charge in [-0.25, -0.2) is 9.97 Å². The first-order chi connectivity index (χ1) is 10.5. The quantitative estimate of drug-likeness (QED) is 0.885. The molecule has 1 atom stereocenters. The van der Waals surface area contributed by atoms with Crippen LogP contribution in [0.25, 0.3) is 0 Å². The van der Waals surface area contributed by atoms with Crippen LogP contribution in [0.1, 0.15) is 41.9 Å². The summed E-state index contributed by atoms with van der Waals surface area (Å²) in [5.74, 6) is 0.427. The third-order valence-electron chi connectivity index (χ3n) is 3.54. The van der Waals surface area contributed by atoms with Gasteiger partial charge in [0.1, 0.15) is 17.8 Å². The van der Waals surface area contributed by atoms with Crippen LogP contribution in [0.3, 0.4) is 0 Å². The normalized spacial score (nSPS) is 11.8. The van der Waals surface area contributed by atoms with Crippen LogP contribution in [0.5, 0.6) is 0 Å². The summed E-state index contributed by atoms with van der Waals surface area (Å²) in [5.41, 5.74) is 3.34. The molecule has 2 aromatic rings. The maximum absolute atomic E-state index is 12.3. The standard InChI is InChI=1S/C17H22N4O/c1-5-13(4)20-16-9-15(18-10-19-16)17(22)21-14-7-6-11(2)8-12(14)3/h6-10,13H,5H2,1-4H3,(H,21,22)(H,18,19,20). The molecule has 1 unspecified atom stereocenters. The zero-order valence-corrected chi connectivity index (χ0v) is 13.5. The highest BCUT2D eigenvalue weighted by atomic mass is 16.1. The van der Waals surface area contributed by atoms with Gasteiger partial charge in [-0.05, 0) is 38.8 Å². The first-order valence-corrected chi connectivity index (χ1v) is 7.46. The first-order valence-electron chi connectivity index (χ1n) is 7.46. The molecule has 1 aromatic heterocycles. The van der Waals surface area contributed by atoms with Crippen molar-refractivity contribution in [2.24, 2.45) is 0 Å². The number of carbonyl (C=O) groups is 1. The Hall–Kier alpha value is -2.43. The van der Waals surface area contributed by atoms with Crippen molar-refractivity contribution in [2.75, 3.05) is 10.6 Å². The Kier molecular flexibility index (Phi) is 5.09. The van der Waals surface area contributed by atoms with E-state index in [0.29, 0.717) is 17.6 Å². The molecule has 1 amide bonds. The molecular formula is C17H22N4O. The van der Waals surface area contributed by atoms with E-state index >= 15 is 0 Å². The lowest BCUT2D eigenvalue weighted by atomic mass is 10.1. The Balaban J connectivity index is 2.14. The van der Waals surface area contributed by atoms with Gasteiger partial charge in [-0.3, -0.25) is 4.79 Å². The summed E-state index contributed by atoms with van der Waals surface area (Å²) < 4.78 is 0. The van der Waals surface area contributed by atoms with Crippen LogP contribution in [0.4, 0.5) is 11.5 Å². The fourth-order valence-electron chi connectivity index (χ4n) is 2.06. The average Bonchev–Trinajstić information content (AvgIpc) is 2.50. The summed E-state index contributed by atoms with van der Waals surface area (Å²) in [7, 11) is 0. The largest absolute Gasteiger partial charge is 0.368 e. The number of aryl methyl sites for hydroxylation is 2. The minimum atomic E-state index is -0.235. The second-order valence-electron chi connectivity index (χ2n) is 5.51. The first kappa shape index (κ1) is 15.9. The average molecular weight is 298 g/mol. The summed E-state index contributed by atoms with van der Waals surface area (Å²) in [6.07, 6.45) is 2.38. The molecule has 0 radical (unpaired) electrons. The monoisotopic (exact) mass is 298 g/mol. The molecule has 5 nitrogen and oxygen atoms in total. The number of benzene rings is 1. The minimum Gasteiger partial charge on any atom is -0.368 e. The van der Waals surface area contributed by atoms with Crippen LogP contribution < -0.4 is 10.6 Å². The predicted molar refractivity (Wildman–Crippen MR) is 89.3 cm³/mol. The molecule has 0 aliphatic heterocycles. The van der Waals surface area contributed by atoms with Gasteiger partial charge >= 0.3 is 0 Å². The third kappa shape index (κ3) is 4.04. The van der Waals surface area contributed by atoms with Crippen molar-refractivity contribution in [3.63, 3.8) is 0 Å². The highest BCUT2D eigenvalue weighted by Crippen LogP contribution is 2.17. The number of rotatable bonds is 5. The van der Waals surface area contributed by atoms with Gasteiger partial charge in [-0.15, -0.1) is 0 Å². The molecule has 1 aromatic carbocycles. The maximum atomic E-state index is 12.3. The summed E-state index contributed by atoms with van der Waals surface area (Å²) in [6, 6.07) is 7.88. The number of hydrogen-bond donors (Lipinski definition) is 2. The maximum Gasteiger partial charge on any atom is 0.274 e. The van der Waals surface area contributed by atoms with E-state index in [1.807, 2.05) is 32.0 Å². The predicted octanol–water partition coefficient (Wildman–Crippen LogP) is 3.56. The van der Waals surface area contributed by atoms with E-state index < -0.39 is 0 Å². The second kappa shape index (κ2) is 7.02. The topological polar surface area (TPSA) is 66.9 Å². The van der Waals surface area contributed by atoms with Crippen LogP contribution in [-0.2, 0) is 0 Å². The summed E-state index contributed by atoms with van der Waals surface area (Å²) in [5, 5.41) is 6.13. The Morgan fingerprint density at radius 2 is 2.00 bits per heavy atom. The van der Waals surface area contributed by atoms with Crippen molar-refractivity contribution in [3.05, 3.63) is 47.4 Å². The zero-order valence-electron chi connectivity index (χ0n) is 13.5. The van der Waals surface area contributed by atoms with Gasteiger partial charge in [-0.2, -0.15) is 0 Å². The Morgan fingerprint density at radius 3 is 2.68 bits per heavy atom. The number of carbonyl (C=O) groups excluding carboxylic acids is 1.